The summed E-state index contributed by atoms with van der Waals surface area (Å²) in [6, 6.07) is 13.8. The van der Waals surface area contributed by atoms with E-state index >= 15 is 0 Å². The standard InChI is InChI=1S/C20H21N3O2S/c1-12-8-10-16(11-9-12)19-22-23-20(25-19)26-15(4)18(24)21-17-13(2)6-5-7-14(17)3/h5-11,15H,1-4H3,(H,21,24). The molecule has 6 heteroatoms. The molecule has 0 aliphatic heterocycles. The number of rotatable bonds is 5. The van der Waals surface area contributed by atoms with E-state index in [1.54, 1.807) is 0 Å². The predicted molar refractivity (Wildman–Crippen MR) is 104 cm³/mol. The summed E-state index contributed by atoms with van der Waals surface area (Å²) in [6.45, 7) is 7.80. The number of aromatic nitrogens is 2. The van der Waals surface area contributed by atoms with Crippen LogP contribution in [-0.4, -0.2) is 21.4 Å². The number of thioether (sulfide) groups is 1. The lowest BCUT2D eigenvalue weighted by atomic mass is 10.1. The lowest BCUT2D eigenvalue weighted by molar-refractivity contribution is -0.115. The van der Waals surface area contributed by atoms with Crippen molar-refractivity contribution in [3.8, 4) is 11.5 Å². The van der Waals surface area contributed by atoms with Gasteiger partial charge in [-0.05, 0) is 51.0 Å². The van der Waals surface area contributed by atoms with Crippen LogP contribution in [0.15, 0.2) is 52.1 Å². The first-order valence-electron chi connectivity index (χ1n) is 8.38. The van der Waals surface area contributed by atoms with Crippen LogP contribution in [0.5, 0.6) is 0 Å². The third-order valence-corrected chi connectivity index (χ3v) is 5.02. The molecule has 0 saturated heterocycles. The lowest BCUT2D eigenvalue weighted by Crippen LogP contribution is -2.23. The maximum Gasteiger partial charge on any atom is 0.277 e. The fourth-order valence-corrected chi connectivity index (χ4v) is 3.19. The third kappa shape index (κ3) is 4.14. The molecule has 0 bridgehead atoms. The van der Waals surface area contributed by atoms with Gasteiger partial charge in [-0.3, -0.25) is 4.79 Å². The SMILES string of the molecule is Cc1ccc(-c2nnc(SC(C)C(=O)Nc3c(C)cccc3C)o2)cc1. The van der Waals surface area contributed by atoms with Gasteiger partial charge in [0.05, 0.1) is 5.25 Å². The summed E-state index contributed by atoms with van der Waals surface area (Å²) in [4.78, 5) is 12.5. The minimum Gasteiger partial charge on any atom is -0.411 e. The number of carbonyl (C=O) groups is 1. The molecule has 0 spiro atoms. The van der Waals surface area contributed by atoms with Crippen molar-refractivity contribution in [3.05, 3.63) is 59.2 Å². The Kier molecular flexibility index (Phi) is 5.42. The minimum atomic E-state index is -0.361. The molecule has 0 aliphatic carbocycles. The Morgan fingerprint density at radius 3 is 2.35 bits per heavy atom. The number of nitrogens with one attached hydrogen (secondary N) is 1. The summed E-state index contributed by atoms with van der Waals surface area (Å²) in [6.07, 6.45) is 0. The monoisotopic (exact) mass is 367 g/mol. The molecular formula is C20H21N3O2S. The maximum atomic E-state index is 12.5. The van der Waals surface area contributed by atoms with Crippen LogP contribution in [-0.2, 0) is 4.79 Å². The molecule has 26 heavy (non-hydrogen) atoms. The topological polar surface area (TPSA) is 68.0 Å². The van der Waals surface area contributed by atoms with Crippen LogP contribution in [0, 0.1) is 20.8 Å². The number of nitrogens with zero attached hydrogens (tertiary/aromatic N) is 2. The first kappa shape index (κ1) is 18.2. The van der Waals surface area contributed by atoms with E-state index in [1.165, 1.54) is 17.3 Å². The molecule has 3 aromatic rings. The van der Waals surface area contributed by atoms with Crippen molar-refractivity contribution in [3.63, 3.8) is 0 Å². The van der Waals surface area contributed by atoms with Crippen LogP contribution in [0.4, 0.5) is 5.69 Å². The van der Waals surface area contributed by atoms with Crippen LogP contribution in [0.2, 0.25) is 0 Å². The molecule has 0 radical (unpaired) electrons. The predicted octanol–water partition coefficient (Wildman–Crippen LogP) is 4.78. The van der Waals surface area contributed by atoms with Gasteiger partial charge in [-0.1, -0.05) is 47.7 Å². The molecule has 0 aliphatic rings. The van der Waals surface area contributed by atoms with Gasteiger partial charge in [-0.15, -0.1) is 10.2 Å². The van der Waals surface area contributed by atoms with Crippen molar-refractivity contribution in [1.82, 2.24) is 10.2 Å². The average molecular weight is 367 g/mol. The summed E-state index contributed by atoms with van der Waals surface area (Å²) in [5, 5.41) is 11.1. The number of para-hydroxylation sites is 1. The van der Waals surface area contributed by atoms with Crippen molar-refractivity contribution in [2.45, 2.75) is 38.2 Å². The Hall–Kier alpha value is -2.60. The number of hydrogen-bond acceptors (Lipinski definition) is 5. The summed E-state index contributed by atoms with van der Waals surface area (Å²) in [5.74, 6) is 0.359. The zero-order valence-electron chi connectivity index (χ0n) is 15.2. The molecular weight excluding hydrogens is 346 g/mol. The molecule has 0 fully saturated rings. The van der Waals surface area contributed by atoms with Crippen molar-refractivity contribution in [2.75, 3.05) is 5.32 Å². The molecule has 134 valence electrons. The van der Waals surface area contributed by atoms with Crippen LogP contribution in [0.25, 0.3) is 11.5 Å². The van der Waals surface area contributed by atoms with Crippen molar-refractivity contribution >= 4 is 23.4 Å². The number of benzene rings is 2. The van der Waals surface area contributed by atoms with Crippen LogP contribution in [0.3, 0.4) is 0 Å². The van der Waals surface area contributed by atoms with E-state index in [9.17, 15) is 4.79 Å². The molecule has 1 aromatic heterocycles. The zero-order valence-corrected chi connectivity index (χ0v) is 16.1. The number of hydrogen-bond donors (Lipinski definition) is 1. The Balaban J connectivity index is 1.67. The van der Waals surface area contributed by atoms with Gasteiger partial charge in [0.2, 0.25) is 11.8 Å². The fourth-order valence-electron chi connectivity index (χ4n) is 2.51. The minimum absolute atomic E-state index is 0.0949. The van der Waals surface area contributed by atoms with Crippen LogP contribution in [0.1, 0.15) is 23.6 Å². The molecule has 3 rings (SSSR count). The number of aryl methyl sites for hydroxylation is 3. The second kappa shape index (κ2) is 7.74. The van der Waals surface area contributed by atoms with E-state index in [-0.39, 0.29) is 11.2 Å². The second-order valence-electron chi connectivity index (χ2n) is 6.26. The lowest BCUT2D eigenvalue weighted by Gasteiger charge is -2.14. The van der Waals surface area contributed by atoms with Gasteiger partial charge in [0.1, 0.15) is 0 Å². The first-order chi connectivity index (χ1) is 12.4. The smallest absolute Gasteiger partial charge is 0.277 e. The number of anilines is 1. The van der Waals surface area contributed by atoms with Crippen LogP contribution >= 0.6 is 11.8 Å². The van der Waals surface area contributed by atoms with E-state index in [2.05, 4.69) is 15.5 Å². The highest BCUT2D eigenvalue weighted by Gasteiger charge is 2.20. The van der Waals surface area contributed by atoms with Gasteiger partial charge >= 0.3 is 0 Å². The molecule has 2 aromatic carbocycles. The molecule has 5 nitrogen and oxygen atoms in total. The molecule has 1 N–H and O–H groups in total. The number of carbonyl (C=O) groups excluding carboxylic acids is 1. The van der Waals surface area contributed by atoms with E-state index in [1.807, 2.05) is 70.2 Å². The summed E-state index contributed by atoms with van der Waals surface area (Å²) < 4.78 is 5.69. The molecule has 1 amide bonds. The Morgan fingerprint density at radius 1 is 1.04 bits per heavy atom. The normalized spacial score (nSPS) is 12.0. The van der Waals surface area contributed by atoms with Crippen molar-refractivity contribution in [2.24, 2.45) is 0 Å². The van der Waals surface area contributed by atoms with Crippen molar-refractivity contribution < 1.29 is 9.21 Å². The van der Waals surface area contributed by atoms with E-state index in [0.717, 1.165) is 22.4 Å². The zero-order chi connectivity index (χ0) is 18.7. The van der Waals surface area contributed by atoms with E-state index in [4.69, 9.17) is 4.42 Å². The maximum absolute atomic E-state index is 12.5. The third-order valence-electron chi connectivity index (χ3n) is 4.08. The Bertz CT molecular complexity index is 899. The van der Waals surface area contributed by atoms with E-state index < -0.39 is 0 Å². The first-order valence-corrected chi connectivity index (χ1v) is 9.26. The summed E-state index contributed by atoms with van der Waals surface area (Å²) >= 11 is 1.25. The largest absolute Gasteiger partial charge is 0.411 e. The highest BCUT2D eigenvalue weighted by molar-refractivity contribution is 8.00. The van der Waals surface area contributed by atoms with Gasteiger partial charge in [-0.2, -0.15) is 0 Å². The number of amides is 1. The van der Waals surface area contributed by atoms with Crippen molar-refractivity contribution in [1.29, 1.82) is 0 Å². The summed E-state index contributed by atoms with van der Waals surface area (Å²) in [7, 11) is 0. The van der Waals surface area contributed by atoms with Gasteiger partial charge in [0, 0.05) is 11.3 Å². The highest BCUT2D eigenvalue weighted by Crippen LogP contribution is 2.27. The van der Waals surface area contributed by atoms with Gasteiger partial charge < -0.3 is 9.73 Å². The average Bonchev–Trinajstić information content (AvgIpc) is 3.07. The highest BCUT2D eigenvalue weighted by atomic mass is 32.2. The van der Waals surface area contributed by atoms with E-state index in [0.29, 0.717) is 11.1 Å². The Morgan fingerprint density at radius 2 is 1.69 bits per heavy atom. The van der Waals surface area contributed by atoms with Gasteiger partial charge in [-0.25, -0.2) is 0 Å². The van der Waals surface area contributed by atoms with Gasteiger partial charge in [0.25, 0.3) is 5.22 Å². The quantitative estimate of drug-likeness (QED) is 0.657. The molecule has 0 saturated carbocycles. The molecule has 1 unspecified atom stereocenters. The molecule has 1 heterocycles. The molecule has 1 atom stereocenters. The second-order valence-corrected chi connectivity index (χ2v) is 7.55. The van der Waals surface area contributed by atoms with Crippen LogP contribution < -0.4 is 5.32 Å². The fraction of sp³-hybridized carbons (Fsp3) is 0.250. The summed E-state index contributed by atoms with van der Waals surface area (Å²) in [5.41, 5.74) is 4.96. The Labute approximate surface area is 157 Å². The van der Waals surface area contributed by atoms with Gasteiger partial charge in [0.15, 0.2) is 0 Å².